The van der Waals surface area contributed by atoms with Gasteiger partial charge in [-0.1, -0.05) is 0 Å². The number of imidazole rings is 1. The van der Waals surface area contributed by atoms with Gasteiger partial charge < -0.3 is 9.72 Å². The van der Waals surface area contributed by atoms with Crippen LogP contribution in [-0.4, -0.2) is 23.0 Å². The van der Waals surface area contributed by atoms with E-state index in [1.54, 1.807) is 6.20 Å². The minimum atomic E-state index is -0.377. The van der Waals surface area contributed by atoms with E-state index in [1.165, 1.54) is 20.0 Å². The number of aromatic nitrogens is 2. The molecule has 1 fully saturated rings. The summed E-state index contributed by atoms with van der Waals surface area (Å²) in [4.78, 5) is 18.0. The van der Waals surface area contributed by atoms with Crippen LogP contribution in [-0.2, 0) is 4.74 Å². The molecule has 0 saturated heterocycles. The van der Waals surface area contributed by atoms with Crippen LogP contribution in [0.15, 0.2) is 6.20 Å². The summed E-state index contributed by atoms with van der Waals surface area (Å²) in [6, 6.07) is 0. The van der Waals surface area contributed by atoms with Gasteiger partial charge >= 0.3 is 5.97 Å². The number of nitrogens with one attached hydrogen (secondary N) is 1. The molecule has 1 saturated carbocycles. The summed E-state index contributed by atoms with van der Waals surface area (Å²) in [5, 5.41) is 0. The molecule has 0 radical (unpaired) electrons. The fourth-order valence-electron chi connectivity index (χ4n) is 1.11. The lowest BCUT2D eigenvalue weighted by molar-refractivity contribution is 0.0594. The summed E-state index contributed by atoms with van der Waals surface area (Å²) >= 11 is 0. The summed E-state index contributed by atoms with van der Waals surface area (Å²) in [5.41, 5.74) is 0.374. The first-order valence-corrected chi connectivity index (χ1v) is 3.95. The average molecular weight is 166 g/mol. The van der Waals surface area contributed by atoms with Gasteiger partial charge in [0.05, 0.1) is 7.11 Å². The number of hydrogen-bond donors (Lipinski definition) is 1. The summed E-state index contributed by atoms with van der Waals surface area (Å²) < 4.78 is 4.53. The van der Waals surface area contributed by atoms with Crippen molar-refractivity contribution in [2.24, 2.45) is 0 Å². The summed E-state index contributed by atoms with van der Waals surface area (Å²) in [7, 11) is 1.35. The van der Waals surface area contributed by atoms with Crippen molar-refractivity contribution >= 4 is 5.97 Å². The quantitative estimate of drug-likeness (QED) is 0.668. The number of H-pyrrole nitrogens is 1. The molecule has 1 N–H and O–H groups in total. The van der Waals surface area contributed by atoms with Crippen LogP contribution in [0.25, 0.3) is 0 Å². The molecule has 0 aliphatic heterocycles. The number of nitrogens with zero attached hydrogens (tertiary/aromatic N) is 1. The van der Waals surface area contributed by atoms with Crippen LogP contribution in [0.3, 0.4) is 0 Å². The second-order valence-corrected chi connectivity index (χ2v) is 2.94. The van der Waals surface area contributed by atoms with Gasteiger partial charge in [0.2, 0.25) is 0 Å². The maximum absolute atomic E-state index is 11.0. The topological polar surface area (TPSA) is 55.0 Å². The van der Waals surface area contributed by atoms with Gasteiger partial charge in [0.1, 0.15) is 5.82 Å². The van der Waals surface area contributed by atoms with Gasteiger partial charge in [0.15, 0.2) is 5.69 Å². The minimum absolute atomic E-state index is 0.374. The van der Waals surface area contributed by atoms with Gasteiger partial charge in [-0.3, -0.25) is 0 Å². The van der Waals surface area contributed by atoms with Gasteiger partial charge in [-0.05, 0) is 12.8 Å². The summed E-state index contributed by atoms with van der Waals surface area (Å²) in [6.45, 7) is 0. The molecule has 4 nitrogen and oxygen atoms in total. The molecular formula is C8H10N2O2. The number of ether oxygens (including phenoxy) is 1. The van der Waals surface area contributed by atoms with E-state index in [2.05, 4.69) is 14.7 Å². The fourth-order valence-corrected chi connectivity index (χ4v) is 1.11. The van der Waals surface area contributed by atoms with Crippen molar-refractivity contribution in [2.75, 3.05) is 7.11 Å². The summed E-state index contributed by atoms with van der Waals surface area (Å²) in [6.07, 6.45) is 3.95. The molecule has 0 unspecified atom stereocenters. The molecule has 1 aromatic heterocycles. The number of aromatic amines is 1. The Labute approximate surface area is 70.0 Å². The number of methoxy groups -OCH3 is 1. The van der Waals surface area contributed by atoms with Crippen molar-refractivity contribution in [3.63, 3.8) is 0 Å². The van der Waals surface area contributed by atoms with Crippen LogP contribution in [0.2, 0.25) is 0 Å². The third-order valence-electron chi connectivity index (χ3n) is 1.96. The van der Waals surface area contributed by atoms with Crippen molar-refractivity contribution in [1.29, 1.82) is 0 Å². The number of esters is 1. The van der Waals surface area contributed by atoms with Crippen molar-refractivity contribution in [3.05, 3.63) is 17.7 Å². The van der Waals surface area contributed by atoms with Crippen LogP contribution in [0.5, 0.6) is 0 Å². The highest BCUT2D eigenvalue weighted by atomic mass is 16.5. The zero-order chi connectivity index (χ0) is 8.55. The van der Waals surface area contributed by atoms with E-state index in [0.29, 0.717) is 11.6 Å². The Morgan fingerprint density at radius 1 is 1.75 bits per heavy atom. The molecule has 12 heavy (non-hydrogen) atoms. The lowest BCUT2D eigenvalue weighted by atomic mass is 10.4. The van der Waals surface area contributed by atoms with Crippen LogP contribution in [0.4, 0.5) is 0 Å². The second kappa shape index (κ2) is 2.62. The maximum Gasteiger partial charge on any atom is 0.358 e. The molecule has 0 bridgehead atoms. The molecule has 1 aromatic rings. The van der Waals surface area contributed by atoms with Crippen LogP contribution >= 0.6 is 0 Å². The van der Waals surface area contributed by atoms with Crippen molar-refractivity contribution < 1.29 is 9.53 Å². The van der Waals surface area contributed by atoms with Crippen molar-refractivity contribution in [3.8, 4) is 0 Å². The number of hydrogen-bond acceptors (Lipinski definition) is 3. The monoisotopic (exact) mass is 166 g/mol. The minimum Gasteiger partial charge on any atom is -0.464 e. The normalized spacial score (nSPS) is 16.1. The standard InChI is InChI=1S/C8H10N2O2/c1-12-8(11)6-4-9-7(10-6)5-2-3-5/h4-5H,2-3H2,1H3,(H,9,10). The Bertz CT molecular complexity index is 302. The molecule has 1 aliphatic carbocycles. The Morgan fingerprint density at radius 3 is 3.08 bits per heavy atom. The third-order valence-corrected chi connectivity index (χ3v) is 1.96. The van der Waals surface area contributed by atoms with Crippen molar-refractivity contribution in [2.45, 2.75) is 18.8 Å². The van der Waals surface area contributed by atoms with E-state index in [4.69, 9.17) is 0 Å². The van der Waals surface area contributed by atoms with Gasteiger partial charge in [0, 0.05) is 12.1 Å². The van der Waals surface area contributed by atoms with Gasteiger partial charge in [-0.15, -0.1) is 0 Å². The maximum atomic E-state index is 11.0. The zero-order valence-electron chi connectivity index (χ0n) is 6.83. The lowest BCUT2D eigenvalue weighted by Gasteiger charge is -1.90. The Balaban J connectivity index is 2.17. The van der Waals surface area contributed by atoms with E-state index in [1.807, 2.05) is 0 Å². The molecule has 0 amide bonds. The van der Waals surface area contributed by atoms with Gasteiger partial charge in [-0.25, -0.2) is 9.78 Å². The predicted octanol–water partition coefficient (Wildman–Crippen LogP) is 1.07. The summed E-state index contributed by atoms with van der Waals surface area (Å²) in [5.74, 6) is 1.08. The van der Waals surface area contributed by atoms with E-state index >= 15 is 0 Å². The van der Waals surface area contributed by atoms with Crippen LogP contribution in [0.1, 0.15) is 35.1 Å². The largest absolute Gasteiger partial charge is 0.464 e. The average Bonchev–Trinajstić information content (AvgIpc) is 2.83. The molecule has 0 atom stereocenters. The number of rotatable bonds is 2. The number of carbonyl (C=O) groups is 1. The highest BCUT2D eigenvalue weighted by molar-refractivity contribution is 5.86. The molecule has 4 heteroatoms. The second-order valence-electron chi connectivity index (χ2n) is 2.94. The van der Waals surface area contributed by atoms with Gasteiger partial charge in [-0.2, -0.15) is 0 Å². The number of carbonyl (C=O) groups excluding carboxylic acids is 1. The fraction of sp³-hybridized carbons (Fsp3) is 0.500. The molecule has 0 aromatic carbocycles. The first kappa shape index (κ1) is 7.34. The first-order valence-electron chi connectivity index (χ1n) is 3.95. The Hall–Kier alpha value is -1.32. The zero-order valence-corrected chi connectivity index (χ0v) is 6.83. The van der Waals surface area contributed by atoms with E-state index in [-0.39, 0.29) is 5.97 Å². The molecule has 64 valence electrons. The highest BCUT2D eigenvalue weighted by Crippen LogP contribution is 2.38. The van der Waals surface area contributed by atoms with Crippen molar-refractivity contribution in [1.82, 2.24) is 9.97 Å². The van der Waals surface area contributed by atoms with Crippen LogP contribution < -0.4 is 0 Å². The molecule has 2 rings (SSSR count). The molecule has 0 spiro atoms. The smallest absolute Gasteiger partial charge is 0.358 e. The predicted molar refractivity (Wildman–Crippen MR) is 41.9 cm³/mol. The third kappa shape index (κ3) is 1.20. The van der Waals surface area contributed by atoms with E-state index in [9.17, 15) is 4.79 Å². The van der Waals surface area contributed by atoms with E-state index in [0.717, 1.165) is 5.82 Å². The molecule has 1 aliphatic rings. The highest BCUT2D eigenvalue weighted by Gasteiger charge is 2.27. The molecule has 1 heterocycles. The van der Waals surface area contributed by atoms with Gasteiger partial charge in [0.25, 0.3) is 0 Å². The lowest BCUT2D eigenvalue weighted by Crippen LogP contribution is -2.01. The SMILES string of the molecule is COC(=O)c1c[nH]c(C2CC2)n1. The van der Waals surface area contributed by atoms with Crippen LogP contribution in [0, 0.1) is 0 Å². The Kier molecular flexibility index (Phi) is 1.60. The first-order chi connectivity index (χ1) is 5.81. The molecular weight excluding hydrogens is 156 g/mol. The van der Waals surface area contributed by atoms with E-state index < -0.39 is 0 Å². The Morgan fingerprint density at radius 2 is 2.50 bits per heavy atom.